The minimum absolute atomic E-state index is 0.0357. The third-order valence-electron chi connectivity index (χ3n) is 2.40. The zero-order valence-corrected chi connectivity index (χ0v) is 11.8. The lowest BCUT2D eigenvalue weighted by Crippen LogP contribution is -2.26. The number of benzene rings is 1. The molecular formula is C13H18BrNO2. The number of ether oxygens (including phenoxy) is 1. The van der Waals surface area contributed by atoms with Crippen LogP contribution >= 0.6 is 15.9 Å². The van der Waals surface area contributed by atoms with Crippen molar-refractivity contribution in [2.45, 2.75) is 20.3 Å². The molecule has 17 heavy (non-hydrogen) atoms. The molecule has 94 valence electrons. The molecule has 0 aliphatic heterocycles. The molecule has 0 spiro atoms. The number of nitrogens with one attached hydrogen (secondary N) is 1. The van der Waals surface area contributed by atoms with Gasteiger partial charge in [-0.25, -0.2) is 0 Å². The van der Waals surface area contributed by atoms with Gasteiger partial charge in [-0.15, -0.1) is 0 Å². The molecule has 0 unspecified atom stereocenters. The van der Waals surface area contributed by atoms with Crippen molar-refractivity contribution >= 4 is 21.8 Å². The fourth-order valence-corrected chi connectivity index (χ4v) is 2.17. The van der Waals surface area contributed by atoms with Crippen molar-refractivity contribution in [3.05, 3.63) is 33.8 Å². The normalized spacial score (nSPS) is 10.3. The summed E-state index contributed by atoms with van der Waals surface area (Å²) in [5, 5.41) is 2.89. The summed E-state index contributed by atoms with van der Waals surface area (Å²) in [6, 6.07) is 5.73. The molecule has 0 saturated carbocycles. The van der Waals surface area contributed by atoms with Gasteiger partial charge in [-0.05, 0) is 47.8 Å². The Hall–Kier alpha value is -0.870. The monoisotopic (exact) mass is 299 g/mol. The largest absolute Gasteiger partial charge is 0.382 e. The van der Waals surface area contributed by atoms with Crippen LogP contribution in [0.25, 0.3) is 0 Å². The molecule has 0 aliphatic carbocycles. The van der Waals surface area contributed by atoms with Crippen LogP contribution in [-0.2, 0) is 4.74 Å². The lowest BCUT2D eigenvalue weighted by molar-refractivity contribution is 0.0943. The second kappa shape index (κ2) is 7.45. The lowest BCUT2D eigenvalue weighted by Gasteiger charge is -2.09. The predicted molar refractivity (Wildman–Crippen MR) is 72.3 cm³/mol. The van der Waals surface area contributed by atoms with Gasteiger partial charge in [0.2, 0.25) is 0 Å². The molecule has 3 nitrogen and oxygen atoms in total. The first-order valence-electron chi connectivity index (χ1n) is 5.78. The molecule has 0 aliphatic rings. The number of halogens is 1. The summed E-state index contributed by atoms with van der Waals surface area (Å²) in [5.74, 6) is -0.0357. The number of carbonyl (C=O) groups excluding carboxylic acids is 1. The third-order valence-corrected chi connectivity index (χ3v) is 3.06. The van der Waals surface area contributed by atoms with Crippen LogP contribution in [0.3, 0.4) is 0 Å². The van der Waals surface area contributed by atoms with Crippen LogP contribution in [0.4, 0.5) is 0 Å². The fraction of sp³-hybridized carbons (Fsp3) is 0.462. The highest BCUT2D eigenvalue weighted by Gasteiger charge is 2.11. The Balaban J connectivity index is 2.47. The van der Waals surface area contributed by atoms with Gasteiger partial charge in [0.05, 0.1) is 5.56 Å². The first-order chi connectivity index (χ1) is 8.16. The minimum Gasteiger partial charge on any atom is -0.382 e. The minimum atomic E-state index is -0.0357. The molecule has 0 aromatic heterocycles. The molecule has 4 heteroatoms. The molecule has 0 saturated heterocycles. The first-order valence-corrected chi connectivity index (χ1v) is 6.57. The van der Waals surface area contributed by atoms with Gasteiger partial charge < -0.3 is 10.1 Å². The van der Waals surface area contributed by atoms with Gasteiger partial charge in [-0.1, -0.05) is 12.1 Å². The zero-order chi connectivity index (χ0) is 12.7. The number of amides is 1. The summed E-state index contributed by atoms with van der Waals surface area (Å²) in [6.07, 6.45) is 0.836. The lowest BCUT2D eigenvalue weighted by atomic mass is 10.1. The highest BCUT2D eigenvalue weighted by Crippen LogP contribution is 2.19. The maximum absolute atomic E-state index is 11.9. The van der Waals surface area contributed by atoms with Crippen molar-refractivity contribution < 1.29 is 9.53 Å². The van der Waals surface area contributed by atoms with E-state index in [0.717, 1.165) is 23.1 Å². The summed E-state index contributed by atoms with van der Waals surface area (Å²) >= 11 is 3.40. The summed E-state index contributed by atoms with van der Waals surface area (Å²) in [5.41, 5.74) is 1.69. The van der Waals surface area contributed by atoms with Gasteiger partial charge >= 0.3 is 0 Å². The topological polar surface area (TPSA) is 38.3 Å². The molecule has 1 amide bonds. The van der Waals surface area contributed by atoms with E-state index < -0.39 is 0 Å². The quantitative estimate of drug-likeness (QED) is 0.820. The summed E-state index contributed by atoms with van der Waals surface area (Å²) in [4.78, 5) is 11.9. The van der Waals surface area contributed by atoms with E-state index in [-0.39, 0.29) is 5.91 Å². The summed E-state index contributed by atoms with van der Waals surface area (Å²) in [7, 11) is 0. The third kappa shape index (κ3) is 4.48. The van der Waals surface area contributed by atoms with E-state index >= 15 is 0 Å². The van der Waals surface area contributed by atoms with E-state index in [1.54, 1.807) is 0 Å². The van der Waals surface area contributed by atoms with Crippen molar-refractivity contribution in [2.75, 3.05) is 19.8 Å². The van der Waals surface area contributed by atoms with E-state index in [4.69, 9.17) is 4.74 Å². The molecular weight excluding hydrogens is 282 g/mol. The van der Waals surface area contributed by atoms with E-state index in [1.807, 2.05) is 32.0 Å². The highest BCUT2D eigenvalue weighted by molar-refractivity contribution is 9.10. The van der Waals surface area contributed by atoms with Crippen molar-refractivity contribution in [1.82, 2.24) is 5.32 Å². The number of hydrogen-bond donors (Lipinski definition) is 1. The Morgan fingerprint density at radius 3 is 2.88 bits per heavy atom. The molecule has 0 radical (unpaired) electrons. The highest BCUT2D eigenvalue weighted by atomic mass is 79.9. The Bertz CT molecular complexity index is 359. The van der Waals surface area contributed by atoms with E-state index in [0.29, 0.717) is 18.7 Å². The molecule has 0 fully saturated rings. The van der Waals surface area contributed by atoms with Crippen LogP contribution in [0.1, 0.15) is 29.3 Å². The molecule has 1 rings (SSSR count). The number of rotatable bonds is 6. The van der Waals surface area contributed by atoms with Gasteiger partial charge in [0.15, 0.2) is 0 Å². The first kappa shape index (κ1) is 14.2. The zero-order valence-electron chi connectivity index (χ0n) is 10.3. The number of carbonyl (C=O) groups is 1. The Kier molecular flexibility index (Phi) is 6.22. The van der Waals surface area contributed by atoms with Crippen molar-refractivity contribution in [2.24, 2.45) is 0 Å². The van der Waals surface area contributed by atoms with Crippen molar-refractivity contribution in [1.29, 1.82) is 0 Å². The van der Waals surface area contributed by atoms with Gasteiger partial charge in [-0.2, -0.15) is 0 Å². The van der Waals surface area contributed by atoms with Crippen LogP contribution in [-0.4, -0.2) is 25.7 Å². The van der Waals surface area contributed by atoms with Crippen LogP contribution in [0.15, 0.2) is 22.7 Å². The molecule has 1 N–H and O–H groups in total. The SMILES string of the molecule is CCOCCCNC(=O)c1c(C)cccc1Br. The maximum atomic E-state index is 11.9. The van der Waals surface area contributed by atoms with Crippen LogP contribution in [0.5, 0.6) is 0 Å². The Morgan fingerprint density at radius 1 is 1.47 bits per heavy atom. The van der Waals surface area contributed by atoms with E-state index in [1.165, 1.54) is 0 Å². The predicted octanol–water partition coefficient (Wildman–Crippen LogP) is 2.91. The summed E-state index contributed by atoms with van der Waals surface area (Å²) in [6.45, 7) is 5.94. The average molecular weight is 300 g/mol. The maximum Gasteiger partial charge on any atom is 0.252 e. The molecule has 0 bridgehead atoms. The van der Waals surface area contributed by atoms with Crippen molar-refractivity contribution in [3.63, 3.8) is 0 Å². The van der Waals surface area contributed by atoms with Gasteiger partial charge in [0, 0.05) is 24.2 Å². The molecule has 1 aromatic carbocycles. The van der Waals surface area contributed by atoms with Gasteiger partial charge in [-0.3, -0.25) is 4.79 Å². The van der Waals surface area contributed by atoms with Gasteiger partial charge in [0.1, 0.15) is 0 Å². The second-order valence-electron chi connectivity index (χ2n) is 3.74. The average Bonchev–Trinajstić information content (AvgIpc) is 2.28. The number of hydrogen-bond acceptors (Lipinski definition) is 2. The van der Waals surface area contributed by atoms with Crippen LogP contribution in [0, 0.1) is 6.92 Å². The van der Waals surface area contributed by atoms with Crippen LogP contribution in [0.2, 0.25) is 0 Å². The second-order valence-corrected chi connectivity index (χ2v) is 4.59. The molecule has 0 atom stereocenters. The Morgan fingerprint density at radius 2 is 2.24 bits per heavy atom. The van der Waals surface area contributed by atoms with Crippen LogP contribution < -0.4 is 5.32 Å². The summed E-state index contributed by atoms with van der Waals surface area (Å²) < 4.78 is 6.04. The van der Waals surface area contributed by atoms with Gasteiger partial charge in [0.25, 0.3) is 5.91 Å². The fourth-order valence-electron chi connectivity index (χ4n) is 1.53. The molecule has 0 heterocycles. The van der Waals surface area contributed by atoms with E-state index in [2.05, 4.69) is 21.2 Å². The number of aryl methyl sites for hydroxylation is 1. The van der Waals surface area contributed by atoms with E-state index in [9.17, 15) is 4.79 Å². The molecule has 1 aromatic rings. The van der Waals surface area contributed by atoms with Crippen molar-refractivity contribution in [3.8, 4) is 0 Å². The smallest absolute Gasteiger partial charge is 0.252 e. The standard InChI is InChI=1S/C13H18BrNO2/c1-3-17-9-5-8-15-13(16)12-10(2)6-4-7-11(12)14/h4,6-7H,3,5,8-9H2,1-2H3,(H,15,16). The Labute approximate surface area is 111 Å².